The Kier molecular flexibility index (Phi) is 3.99. The molecule has 2 N–H and O–H groups in total. The first-order valence-electron chi connectivity index (χ1n) is 6.13. The molecule has 1 aromatic carbocycles. The standard InChI is InChI=1S/C13H17ClN4/c1-3-11-16-12(4-2)18(17-11)13-9(8-15)6-5-7-10(13)14/h5-7H,3-4,8,15H2,1-2H3. The van der Waals surface area contributed by atoms with E-state index in [4.69, 9.17) is 17.3 Å². The van der Waals surface area contributed by atoms with Gasteiger partial charge in [-0.15, -0.1) is 0 Å². The minimum Gasteiger partial charge on any atom is -0.326 e. The fourth-order valence-corrected chi connectivity index (χ4v) is 2.19. The summed E-state index contributed by atoms with van der Waals surface area (Å²) in [6.07, 6.45) is 1.62. The molecule has 96 valence electrons. The van der Waals surface area contributed by atoms with Crippen LogP contribution in [0.1, 0.15) is 31.1 Å². The van der Waals surface area contributed by atoms with Crippen molar-refractivity contribution in [2.45, 2.75) is 33.2 Å². The summed E-state index contributed by atoms with van der Waals surface area (Å²) >= 11 is 6.28. The molecule has 1 heterocycles. The lowest BCUT2D eigenvalue weighted by atomic mass is 10.2. The summed E-state index contributed by atoms with van der Waals surface area (Å²) < 4.78 is 1.82. The van der Waals surface area contributed by atoms with Gasteiger partial charge >= 0.3 is 0 Å². The van der Waals surface area contributed by atoms with Crippen molar-refractivity contribution in [3.05, 3.63) is 40.4 Å². The number of rotatable bonds is 4. The summed E-state index contributed by atoms with van der Waals surface area (Å²) in [5.74, 6) is 1.74. The summed E-state index contributed by atoms with van der Waals surface area (Å²) in [5, 5.41) is 5.16. The Bertz CT molecular complexity index is 548. The first kappa shape index (κ1) is 13.1. The van der Waals surface area contributed by atoms with Gasteiger partial charge in [-0.25, -0.2) is 9.67 Å². The maximum absolute atomic E-state index is 6.28. The van der Waals surface area contributed by atoms with Crippen LogP contribution in [-0.4, -0.2) is 14.8 Å². The van der Waals surface area contributed by atoms with E-state index in [1.165, 1.54) is 0 Å². The van der Waals surface area contributed by atoms with Crippen LogP contribution < -0.4 is 5.73 Å². The summed E-state index contributed by atoms with van der Waals surface area (Å²) in [4.78, 5) is 4.49. The molecule has 0 aliphatic carbocycles. The number of aromatic nitrogens is 3. The Labute approximate surface area is 112 Å². The summed E-state index contributed by atoms with van der Waals surface area (Å²) in [6.45, 7) is 4.52. The highest BCUT2D eigenvalue weighted by molar-refractivity contribution is 6.32. The number of halogens is 1. The van der Waals surface area contributed by atoms with Gasteiger partial charge in [-0.2, -0.15) is 5.10 Å². The molecule has 5 heteroatoms. The lowest BCUT2D eigenvalue weighted by Crippen LogP contribution is -2.09. The molecule has 0 atom stereocenters. The molecule has 0 unspecified atom stereocenters. The van der Waals surface area contributed by atoms with Crippen molar-refractivity contribution >= 4 is 11.6 Å². The van der Waals surface area contributed by atoms with Crippen LogP contribution in [0.2, 0.25) is 5.02 Å². The van der Waals surface area contributed by atoms with Crippen LogP contribution in [0, 0.1) is 0 Å². The Morgan fingerprint density at radius 2 is 2.06 bits per heavy atom. The van der Waals surface area contributed by atoms with Crippen LogP contribution in [-0.2, 0) is 19.4 Å². The van der Waals surface area contributed by atoms with Gasteiger partial charge in [0.05, 0.1) is 10.7 Å². The highest BCUT2D eigenvalue weighted by Gasteiger charge is 2.14. The van der Waals surface area contributed by atoms with E-state index in [1.54, 1.807) is 0 Å². The Hall–Kier alpha value is -1.39. The van der Waals surface area contributed by atoms with Gasteiger partial charge in [0.15, 0.2) is 5.82 Å². The fraction of sp³-hybridized carbons (Fsp3) is 0.385. The highest BCUT2D eigenvalue weighted by atomic mass is 35.5. The monoisotopic (exact) mass is 264 g/mol. The fourth-order valence-electron chi connectivity index (χ4n) is 1.91. The molecule has 0 saturated carbocycles. The van der Waals surface area contributed by atoms with Crippen LogP contribution in [0.25, 0.3) is 5.69 Å². The minimum absolute atomic E-state index is 0.431. The second-order valence-corrected chi connectivity index (χ2v) is 4.42. The Balaban J connectivity index is 2.64. The van der Waals surface area contributed by atoms with E-state index < -0.39 is 0 Å². The van der Waals surface area contributed by atoms with Gasteiger partial charge in [0.1, 0.15) is 5.82 Å². The van der Waals surface area contributed by atoms with Gasteiger partial charge in [0.2, 0.25) is 0 Å². The summed E-state index contributed by atoms with van der Waals surface area (Å²) in [6, 6.07) is 5.72. The number of benzene rings is 1. The van der Waals surface area contributed by atoms with Gasteiger partial charge in [0, 0.05) is 19.4 Å². The first-order valence-corrected chi connectivity index (χ1v) is 6.51. The molecular formula is C13H17ClN4. The van der Waals surface area contributed by atoms with E-state index in [0.717, 1.165) is 35.7 Å². The number of aryl methyl sites for hydroxylation is 2. The molecule has 0 aliphatic rings. The van der Waals surface area contributed by atoms with E-state index >= 15 is 0 Å². The zero-order valence-corrected chi connectivity index (χ0v) is 11.4. The van der Waals surface area contributed by atoms with Gasteiger partial charge in [-0.1, -0.05) is 37.6 Å². The zero-order chi connectivity index (χ0) is 13.1. The second kappa shape index (κ2) is 5.50. The van der Waals surface area contributed by atoms with Crippen molar-refractivity contribution < 1.29 is 0 Å². The van der Waals surface area contributed by atoms with Crippen LogP contribution in [0.15, 0.2) is 18.2 Å². The molecule has 0 fully saturated rings. The number of hydrogen-bond donors (Lipinski definition) is 1. The molecule has 0 aliphatic heterocycles. The lowest BCUT2D eigenvalue weighted by molar-refractivity contribution is 0.780. The Morgan fingerprint density at radius 3 is 2.67 bits per heavy atom. The molecule has 0 saturated heterocycles. The van der Waals surface area contributed by atoms with Gasteiger partial charge < -0.3 is 5.73 Å². The van der Waals surface area contributed by atoms with Crippen molar-refractivity contribution in [3.63, 3.8) is 0 Å². The predicted molar refractivity (Wildman–Crippen MR) is 73.0 cm³/mol. The van der Waals surface area contributed by atoms with Crippen molar-refractivity contribution in [1.29, 1.82) is 0 Å². The SMILES string of the molecule is CCc1nc(CC)n(-c2c(Cl)cccc2CN)n1. The molecule has 0 bridgehead atoms. The van der Waals surface area contributed by atoms with Crippen molar-refractivity contribution in [2.75, 3.05) is 0 Å². The van der Waals surface area contributed by atoms with E-state index in [0.29, 0.717) is 11.6 Å². The Morgan fingerprint density at radius 1 is 1.28 bits per heavy atom. The molecule has 18 heavy (non-hydrogen) atoms. The van der Waals surface area contributed by atoms with E-state index in [2.05, 4.69) is 17.0 Å². The maximum atomic E-state index is 6.28. The number of nitrogens with zero attached hydrogens (tertiary/aromatic N) is 3. The van der Waals surface area contributed by atoms with Gasteiger partial charge in [-0.05, 0) is 11.6 Å². The number of para-hydroxylation sites is 1. The zero-order valence-electron chi connectivity index (χ0n) is 10.7. The molecule has 0 amide bonds. The highest BCUT2D eigenvalue weighted by Crippen LogP contribution is 2.25. The first-order chi connectivity index (χ1) is 8.71. The van der Waals surface area contributed by atoms with Gasteiger partial charge in [0.25, 0.3) is 0 Å². The molecule has 0 radical (unpaired) electrons. The molecule has 1 aromatic heterocycles. The van der Waals surface area contributed by atoms with E-state index in [9.17, 15) is 0 Å². The van der Waals surface area contributed by atoms with Gasteiger partial charge in [-0.3, -0.25) is 0 Å². The maximum Gasteiger partial charge on any atom is 0.151 e. The van der Waals surface area contributed by atoms with Crippen molar-refractivity contribution in [2.24, 2.45) is 5.73 Å². The summed E-state index contributed by atoms with van der Waals surface area (Å²) in [7, 11) is 0. The lowest BCUT2D eigenvalue weighted by Gasteiger charge is -2.11. The molecular weight excluding hydrogens is 248 g/mol. The molecule has 0 spiro atoms. The van der Waals surface area contributed by atoms with Crippen molar-refractivity contribution in [1.82, 2.24) is 14.8 Å². The third-order valence-corrected chi connectivity index (χ3v) is 3.16. The van der Waals surface area contributed by atoms with Crippen LogP contribution in [0.3, 0.4) is 0 Å². The third kappa shape index (κ3) is 2.26. The van der Waals surface area contributed by atoms with E-state index in [-0.39, 0.29) is 0 Å². The molecule has 4 nitrogen and oxygen atoms in total. The number of hydrogen-bond acceptors (Lipinski definition) is 3. The average molecular weight is 265 g/mol. The third-order valence-electron chi connectivity index (χ3n) is 2.85. The predicted octanol–water partition coefficient (Wildman–Crippen LogP) is 2.50. The van der Waals surface area contributed by atoms with Crippen LogP contribution in [0.5, 0.6) is 0 Å². The molecule has 2 aromatic rings. The summed E-state index contributed by atoms with van der Waals surface area (Å²) in [5.41, 5.74) is 7.60. The average Bonchev–Trinajstić information content (AvgIpc) is 2.81. The van der Waals surface area contributed by atoms with Crippen LogP contribution in [0.4, 0.5) is 0 Å². The largest absolute Gasteiger partial charge is 0.326 e. The quantitative estimate of drug-likeness (QED) is 0.923. The van der Waals surface area contributed by atoms with Crippen molar-refractivity contribution in [3.8, 4) is 5.69 Å². The van der Waals surface area contributed by atoms with Crippen LogP contribution >= 0.6 is 11.6 Å². The second-order valence-electron chi connectivity index (χ2n) is 4.01. The topological polar surface area (TPSA) is 56.7 Å². The number of nitrogens with two attached hydrogens (primary N) is 1. The smallest absolute Gasteiger partial charge is 0.151 e. The van der Waals surface area contributed by atoms with E-state index in [1.807, 2.05) is 29.8 Å². The molecule has 2 rings (SSSR count). The minimum atomic E-state index is 0.431. The normalized spacial score (nSPS) is 10.9.